The van der Waals surface area contributed by atoms with Gasteiger partial charge >= 0.3 is 6.18 Å². The van der Waals surface area contributed by atoms with Gasteiger partial charge in [-0.05, 0) is 50.8 Å². The molecule has 0 unspecified atom stereocenters. The lowest BCUT2D eigenvalue weighted by Crippen LogP contribution is -2.40. The number of thiazole rings is 1. The van der Waals surface area contributed by atoms with Crippen molar-refractivity contribution in [2.75, 3.05) is 13.1 Å². The van der Waals surface area contributed by atoms with Crippen molar-refractivity contribution in [3.05, 3.63) is 68.9 Å². The highest BCUT2D eigenvalue weighted by Crippen LogP contribution is 2.32. The second-order valence-corrected chi connectivity index (χ2v) is 9.69. The van der Waals surface area contributed by atoms with E-state index in [4.69, 9.17) is 0 Å². The van der Waals surface area contributed by atoms with Crippen molar-refractivity contribution >= 4 is 23.0 Å². The Morgan fingerprint density at radius 1 is 1.22 bits per heavy atom. The Balaban J connectivity index is 1.33. The van der Waals surface area contributed by atoms with Gasteiger partial charge in [-0.1, -0.05) is 11.2 Å². The highest BCUT2D eigenvalue weighted by atomic mass is 32.1. The van der Waals surface area contributed by atoms with Crippen LogP contribution in [0.4, 0.5) is 22.0 Å². The van der Waals surface area contributed by atoms with Crippen LogP contribution in [-0.2, 0) is 23.9 Å². The molecule has 3 heterocycles. The van der Waals surface area contributed by atoms with Crippen LogP contribution in [0.3, 0.4) is 0 Å². The monoisotopic (exact) mass is 541 g/mol. The maximum absolute atomic E-state index is 13.9. The Labute approximate surface area is 213 Å². The van der Waals surface area contributed by atoms with E-state index in [-0.39, 0.29) is 48.2 Å². The van der Waals surface area contributed by atoms with E-state index in [0.717, 1.165) is 15.8 Å². The number of hydrogen-bond acceptors (Lipinski definition) is 6. The smallest absolute Gasteiger partial charge is 0.411 e. The second kappa shape index (κ2) is 11.0. The summed E-state index contributed by atoms with van der Waals surface area (Å²) in [5.74, 6) is -1.59. The maximum atomic E-state index is 13.9. The first-order valence-corrected chi connectivity index (χ1v) is 12.4. The van der Waals surface area contributed by atoms with Crippen molar-refractivity contribution in [1.29, 1.82) is 0 Å². The zero-order chi connectivity index (χ0) is 26.7. The molecule has 0 spiro atoms. The molecule has 0 radical (unpaired) electrons. The SMILES string of the molecule is Cc1cc(C(F)(F)F)nn1CC(=O)N1CCC(c2nc(C(CCc3c(F)cccc3F)=NO)cs2)CC1. The minimum atomic E-state index is -4.57. The Morgan fingerprint density at radius 2 is 1.89 bits per heavy atom. The van der Waals surface area contributed by atoms with E-state index in [1.807, 2.05) is 0 Å². The zero-order valence-corrected chi connectivity index (χ0v) is 20.6. The van der Waals surface area contributed by atoms with Gasteiger partial charge in [0.2, 0.25) is 5.91 Å². The predicted octanol–water partition coefficient (Wildman–Crippen LogP) is 5.16. The zero-order valence-electron chi connectivity index (χ0n) is 19.8. The molecule has 7 nitrogen and oxygen atoms in total. The van der Waals surface area contributed by atoms with Crippen LogP contribution in [0.5, 0.6) is 0 Å². The molecule has 0 aliphatic carbocycles. The fourth-order valence-electron chi connectivity index (χ4n) is 4.26. The van der Waals surface area contributed by atoms with Gasteiger partial charge in [0.15, 0.2) is 5.69 Å². The second-order valence-electron chi connectivity index (χ2n) is 8.80. The molecule has 0 bridgehead atoms. The third-order valence-electron chi connectivity index (χ3n) is 6.37. The van der Waals surface area contributed by atoms with Crippen molar-refractivity contribution in [1.82, 2.24) is 19.7 Å². The van der Waals surface area contributed by atoms with Crippen molar-refractivity contribution < 1.29 is 32.0 Å². The van der Waals surface area contributed by atoms with E-state index in [0.29, 0.717) is 31.6 Å². The molecule has 0 atom stereocenters. The van der Waals surface area contributed by atoms with Crippen LogP contribution < -0.4 is 0 Å². The Hall–Kier alpha value is -3.35. The number of oxime groups is 1. The topological polar surface area (TPSA) is 83.6 Å². The molecular formula is C24H24F5N5O2S. The van der Waals surface area contributed by atoms with E-state index < -0.39 is 23.5 Å². The minimum Gasteiger partial charge on any atom is -0.411 e. The first-order valence-electron chi connectivity index (χ1n) is 11.6. The summed E-state index contributed by atoms with van der Waals surface area (Å²) in [5, 5.41) is 18.7. The first kappa shape index (κ1) is 26.7. The van der Waals surface area contributed by atoms with Gasteiger partial charge in [0, 0.05) is 35.6 Å². The van der Waals surface area contributed by atoms with Gasteiger partial charge in [0.1, 0.15) is 23.9 Å². The average molecular weight is 542 g/mol. The summed E-state index contributed by atoms with van der Waals surface area (Å²) in [6.07, 6.45) is -3.26. The Kier molecular flexibility index (Phi) is 7.90. The van der Waals surface area contributed by atoms with Gasteiger partial charge < -0.3 is 10.1 Å². The summed E-state index contributed by atoms with van der Waals surface area (Å²) in [7, 11) is 0. The number of aromatic nitrogens is 3. The molecule has 13 heteroatoms. The number of aryl methyl sites for hydroxylation is 1. The predicted molar refractivity (Wildman–Crippen MR) is 126 cm³/mol. The van der Waals surface area contributed by atoms with Crippen LogP contribution in [0, 0.1) is 18.6 Å². The minimum absolute atomic E-state index is 0.00541. The average Bonchev–Trinajstić information content (AvgIpc) is 3.48. The van der Waals surface area contributed by atoms with Crippen LogP contribution in [0.1, 0.15) is 52.8 Å². The molecule has 37 heavy (non-hydrogen) atoms. The summed E-state index contributed by atoms with van der Waals surface area (Å²) >= 11 is 1.37. The summed E-state index contributed by atoms with van der Waals surface area (Å²) in [4.78, 5) is 18.8. The molecule has 1 aliphatic heterocycles. The lowest BCUT2D eigenvalue weighted by Gasteiger charge is -2.31. The van der Waals surface area contributed by atoms with Gasteiger partial charge in [-0.15, -0.1) is 11.3 Å². The number of likely N-dealkylation sites (tertiary alicyclic amines) is 1. The van der Waals surface area contributed by atoms with E-state index in [9.17, 15) is 32.0 Å². The van der Waals surface area contributed by atoms with Crippen LogP contribution >= 0.6 is 11.3 Å². The summed E-state index contributed by atoms with van der Waals surface area (Å²) < 4.78 is 67.5. The number of hydrogen-bond donors (Lipinski definition) is 1. The van der Waals surface area contributed by atoms with E-state index in [1.54, 1.807) is 10.3 Å². The van der Waals surface area contributed by atoms with Gasteiger partial charge in [0.25, 0.3) is 0 Å². The van der Waals surface area contributed by atoms with Crippen molar-refractivity contribution in [2.24, 2.45) is 5.16 Å². The van der Waals surface area contributed by atoms with Gasteiger partial charge in [-0.2, -0.15) is 18.3 Å². The van der Waals surface area contributed by atoms with Crippen LogP contribution in [0.25, 0.3) is 0 Å². The van der Waals surface area contributed by atoms with E-state index in [2.05, 4.69) is 15.2 Å². The fraction of sp³-hybridized carbons (Fsp3) is 0.417. The number of nitrogens with zero attached hydrogens (tertiary/aromatic N) is 5. The summed E-state index contributed by atoms with van der Waals surface area (Å²) in [5.41, 5.74) is -0.222. The lowest BCUT2D eigenvalue weighted by molar-refractivity contribution is -0.142. The molecular weight excluding hydrogens is 517 g/mol. The Morgan fingerprint density at radius 3 is 2.49 bits per heavy atom. The maximum Gasteiger partial charge on any atom is 0.435 e. The third kappa shape index (κ3) is 6.14. The van der Waals surface area contributed by atoms with Crippen molar-refractivity contribution in [3.8, 4) is 0 Å². The van der Waals surface area contributed by atoms with Crippen LogP contribution in [0.2, 0.25) is 0 Å². The molecule has 1 fully saturated rings. The molecule has 0 saturated carbocycles. The molecule has 1 saturated heterocycles. The number of rotatable bonds is 7. The lowest BCUT2D eigenvalue weighted by atomic mass is 9.97. The molecule has 1 amide bonds. The molecule has 1 aliphatic rings. The van der Waals surface area contributed by atoms with Crippen molar-refractivity contribution in [3.63, 3.8) is 0 Å². The number of halogens is 5. The number of carbonyl (C=O) groups is 1. The van der Waals surface area contributed by atoms with Crippen molar-refractivity contribution in [2.45, 2.75) is 51.2 Å². The van der Waals surface area contributed by atoms with Gasteiger partial charge in [-0.25, -0.2) is 13.8 Å². The number of amides is 1. The molecule has 4 rings (SSSR count). The number of alkyl halides is 3. The summed E-state index contributed by atoms with van der Waals surface area (Å²) in [6.45, 7) is 2.03. The Bertz CT molecular complexity index is 1270. The molecule has 1 N–H and O–H groups in total. The number of piperidine rings is 1. The molecule has 3 aromatic rings. The standard InChI is InChI=1S/C24H24F5N5O2S/c1-14-11-21(24(27,28)29)31-34(14)12-22(35)33-9-7-15(8-10-33)23-30-20(13-37-23)19(32-36)6-5-16-17(25)3-2-4-18(16)26/h2-4,11,13,15,36H,5-10,12H2,1H3. The van der Waals surface area contributed by atoms with Gasteiger partial charge in [0.05, 0.1) is 10.7 Å². The van der Waals surface area contributed by atoms with Gasteiger partial charge in [-0.3, -0.25) is 9.48 Å². The molecule has 1 aromatic carbocycles. The van der Waals surface area contributed by atoms with E-state index >= 15 is 0 Å². The number of benzene rings is 1. The van der Waals surface area contributed by atoms with E-state index in [1.165, 1.54) is 36.5 Å². The normalized spacial score (nSPS) is 15.4. The van der Waals surface area contributed by atoms with Crippen LogP contribution in [0.15, 0.2) is 34.8 Å². The third-order valence-corrected chi connectivity index (χ3v) is 7.37. The first-order chi connectivity index (χ1) is 17.6. The van der Waals surface area contributed by atoms with Crippen LogP contribution in [-0.4, -0.2) is 49.6 Å². The quantitative estimate of drug-likeness (QED) is 0.194. The highest BCUT2D eigenvalue weighted by molar-refractivity contribution is 7.10. The highest BCUT2D eigenvalue weighted by Gasteiger charge is 2.35. The molecule has 198 valence electrons. The summed E-state index contributed by atoms with van der Waals surface area (Å²) in [6, 6.07) is 4.53. The fourth-order valence-corrected chi connectivity index (χ4v) is 5.26. The number of carbonyl (C=O) groups excluding carboxylic acids is 1. The largest absolute Gasteiger partial charge is 0.435 e. The molecule has 2 aromatic heterocycles.